The van der Waals surface area contributed by atoms with Crippen molar-refractivity contribution in [2.45, 2.75) is 6.92 Å². The second-order valence-corrected chi connectivity index (χ2v) is 5.44. The largest absolute Gasteiger partial charge is 0.462 e. The molecule has 3 N–H and O–H groups in total. The summed E-state index contributed by atoms with van der Waals surface area (Å²) in [6.45, 7) is 1.93. The van der Waals surface area contributed by atoms with Crippen molar-refractivity contribution in [2.75, 3.05) is 22.6 Å². The zero-order valence-electron chi connectivity index (χ0n) is 14.0. The number of rotatable bonds is 4. The molecule has 0 fully saturated rings. The van der Waals surface area contributed by atoms with Gasteiger partial charge in [-0.15, -0.1) is 0 Å². The molecule has 0 aliphatic carbocycles. The SMILES string of the molecule is CCOC(=O)c1ccccc1NC(=O)/C=C1\Nc2ccccc2NC1=O. The van der Waals surface area contributed by atoms with Crippen molar-refractivity contribution < 1.29 is 19.1 Å². The van der Waals surface area contributed by atoms with Gasteiger partial charge in [0.15, 0.2) is 0 Å². The summed E-state index contributed by atoms with van der Waals surface area (Å²) < 4.78 is 4.97. The maximum Gasteiger partial charge on any atom is 0.340 e. The minimum atomic E-state index is -0.543. The van der Waals surface area contributed by atoms with Crippen LogP contribution in [0.5, 0.6) is 0 Å². The third kappa shape index (κ3) is 3.72. The highest BCUT2D eigenvalue weighted by Crippen LogP contribution is 2.27. The van der Waals surface area contributed by atoms with E-state index in [1.807, 2.05) is 6.07 Å². The summed E-state index contributed by atoms with van der Waals surface area (Å²) in [5.41, 5.74) is 1.99. The summed E-state index contributed by atoms with van der Waals surface area (Å²) in [6, 6.07) is 13.7. The van der Waals surface area contributed by atoms with Crippen LogP contribution < -0.4 is 16.0 Å². The molecular formula is C19H17N3O4. The summed E-state index contributed by atoms with van der Waals surface area (Å²) in [4.78, 5) is 36.4. The van der Waals surface area contributed by atoms with Crippen LogP contribution in [0.4, 0.5) is 17.1 Å². The molecule has 0 unspecified atom stereocenters. The van der Waals surface area contributed by atoms with Crippen molar-refractivity contribution in [2.24, 2.45) is 0 Å². The number of carbonyl (C=O) groups excluding carboxylic acids is 3. The molecule has 2 aromatic carbocycles. The van der Waals surface area contributed by atoms with E-state index in [1.54, 1.807) is 49.4 Å². The first-order valence-corrected chi connectivity index (χ1v) is 8.04. The minimum absolute atomic E-state index is 0.106. The molecule has 1 heterocycles. The standard InChI is InChI=1S/C19H17N3O4/c1-2-26-19(25)12-7-3-4-8-13(12)21-17(23)11-16-18(24)22-15-10-6-5-9-14(15)20-16/h3-11,20H,2H2,1H3,(H,21,23)(H,22,24)/b16-11-. The van der Waals surface area contributed by atoms with Crippen molar-refractivity contribution in [1.82, 2.24) is 0 Å². The smallest absolute Gasteiger partial charge is 0.340 e. The molecule has 2 aromatic rings. The molecule has 26 heavy (non-hydrogen) atoms. The molecule has 0 saturated heterocycles. The first kappa shape index (κ1) is 17.2. The summed E-state index contributed by atoms with van der Waals surface area (Å²) in [5.74, 6) is -1.49. The summed E-state index contributed by atoms with van der Waals surface area (Å²) in [6.07, 6.45) is 1.15. The predicted octanol–water partition coefficient (Wildman–Crippen LogP) is 2.75. The average Bonchev–Trinajstić information content (AvgIpc) is 2.63. The van der Waals surface area contributed by atoms with Gasteiger partial charge in [0.25, 0.3) is 11.8 Å². The number of ether oxygens (including phenoxy) is 1. The molecule has 7 nitrogen and oxygen atoms in total. The van der Waals surface area contributed by atoms with Crippen LogP contribution in [0.25, 0.3) is 0 Å². The fourth-order valence-electron chi connectivity index (χ4n) is 2.47. The van der Waals surface area contributed by atoms with Gasteiger partial charge < -0.3 is 20.7 Å². The Balaban J connectivity index is 1.79. The van der Waals surface area contributed by atoms with Gasteiger partial charge in [-0.25, -0.2) is 4.79 Å². The quantitative estimate of drug-likeness (QED) is 0.581. The number of para-hydroxylation sites is 3. The first-order valence-electron chi connectivity index (χ1n) is 8.04. The molecule has 0 atom stereocenters. The lowest BCUT2D eigenvalue weighted by molar-refractivity contribution is -0.114. The lowest BCUT2D eigenvalue weighted by atomic mass is 10.1. The fraction of sp³-hybridized carbons (Fsp3) is 0.105. The van der Waals surface area contributed by atoms with Crippen LogP contribution in [0.2, 0.25) is 0 Å². The van der Waals surface area contributed by atoms with Crippen LogP contribution >= 0.6 is 0 Å². The normalized spacial score (nSPS) is 14.0. The molecule has 0 spiro atoms. The second-order valence-electron chi connectivity index (χ2n) is 5.44. The molecule has 7 heteroatoms. The van der Waals surface area contributed by atoms with E-state index in [0.29, 0.717) is 17.1 Å². The van der Waals surface area contributed by atoms with E-state index in [2.05, 4.69) is 16.0 Å². The fourth-order valence-corrected chi connectivity index (χ4v) is 2.47. The van der Waals surface area contributed by atoms with E-state index in [0.717, 1.165) is 6.08 Å². The Hall–Kier alpha value is -3.61. The van der Waals surface area contributed by atoms with E-state index in [-0.39, 0.29) is 17.9 Å². The third-order valence-electron chi connectivity index (χ3n) is 3.64. The van der Waals surface area contributed by atoms with Crippen molar-refractivity contribution in [3.05, 3.63) is 65.9 Å². The van der Waals surface area contributed by atoms with E-state index in [9.17, 15) is 14.4 Å². The summed E-state index contributed by atoms with van der Waals surface area (Å²) in [5, 5.41) is 8.22. The van der Waals surface area contributed by atoms with E-state index in [4.69, 9.17) is 4.74 Å². The predicted molar refractivity (Wildman–Crippen MR) is 97.8 cm³/mol. The highest BCUT2D eigenvalue weighted by Gasteiger charge is 2.20. The molecule has 2 amide bonds. The number of amides is 2. The number of hydrogen-bond donors (Lipinski definition) is 3. The molecule has 0 bridgehead atoms. The lowest BCUT2D eigenvalue weighted by Crippen LogP contribution is -2.27. The van der Waals surface area contributed by atoms with Gasteiger partial charge >= 0.3 is 5.97 Å². The second kappa shape index (κ2) is 7.52. The number of nitrogens with one attached hydrogen (secondary N) is 3. The highest BCUT2D eigenvalue weighted by molar-refractivity contribution is 6.15. The molecule has 1 aliphatic rings. The Bertz CT molecular complexity index is 905. The minimum Gasteiger partial charge on any atom is -0.462 e. The van der Waals surface area contributed by atoms with Crippen LogP contribution in [0, 0.1) is 0 Å². The summed E-state index contributed by atoms with van der Waals surface area (Å²) in [7, 11) is 0. The van der Waals surface area contributed by atoms with Gasteiger partial charge in [-0.2, -0.15) is 0 Å². The Morgan fingerprint density at radius 2 is 1.69 bits per heavy atom. The Morgan fingerprint density at radius 1 is 1.04 bits per heavy atom. The zero-order chi connectivity index (χ0) is 18.5. The van der Waals surface area contributed by atoms with Crippen LogP contribution in [-0.2, 0) is 14.3 Å². The zero-order valence-corrected chi connectivity index (χ0v) is 14.0. The topological polar surface area (TPSA) is 96.5 Å². The van der Waals surface area contributed by atoms with Gasteiger partial charge in [0, 0.05) is 6.08 Å². The van der Waals surface area contributed by atoms with Gasteiger partial charge in [0.05, 0.1) is 29.2 Å². The maximum atomic E-state index is 12.3. The molecule has 1 aliphatic heterocycles. The van der Waals surface area contributed by atoms with Crippen LogP contribution in [0.15, 0.2) is 60.3 Å². The van der Waals surface area contributed by atoms with Crippen molar-refractivity contribution in [3.8, 4) is 0 Å². The molecular weight excluding hydrogens is 334 g/mol. The molecule has 0 radical (unpaired) electrons. The molecule has 3 rings (SSSR count). The van der Waals surface area contributed by atoms with Gasteiger partial charge in [-0.3, -0.25) is 9.59 Å². The maximum absolute atomic E-state index is 12.3. The van der Waals surface area contributed by atoms with Gasteiger partial charge in [-0.05, 0) is 31.2 Å². The number of fused-ring (bicyclic) bond motifs is 1. The van der Waals surface area contributed by atoms with Gasteiger partial charge in [0.2, 0.25) is 0 Å². The lowest BCUT2D eigenvalue weighted by Gasteiger charge is -2.20. The highest BCUT2D eigenvalue weighted by atomic mass is 16.5. The van der Waals surface area contributed by atoms with Crippen LogP contribution in [0.1, 0.15) is 17.3 Å². The van der Waals surface area contributed by atoms with Crippen molar-refractivity contribution in [1.29, 1.82) is 0 Å². The van der Waals surface area contributed by atoms with E-state index < -0.39 is 17.8 Å². The number of carbonyl (C=O) groups is 3. The van der Waals surface area contributed by atoms with Crippen LogP contribution in [0.3, 0.4) is 0 Å². The van der Waals surface area contributed by atoms with Crippen molar-refractivity contribution >= 4 is 34.8 Å². The Kier molecular flexibility index (Phi) is 4.98. The average molecular weight is 351 g/mol. The van der Waals surface area contributed by atoms with Crippen LogP contribution in [-0.4, -0.2) is 24.4 Å². The number of esters is 1. The number of anilines is 3. The Labute approximate surface area is 150 Å². The Morgan fingerprint density at radius 3 is 2.42 bits per heavy atom. The molecule has 0 saturated carbocycles. The monoisotopic (exact) mass is 351 g/mol. The first-order chi connectivity index (χ1) is 12.6. The van der Waals surface area contributed by atoms with E-state index in [1.165, 1.54) is 0 Å². The summed E-state index contributed by atoms with van der Waals surface area (Å²) >= 11 is 0. The number of hydrogen-bond acceptors (Lipinski definition) is 5. The van der Waals surface area contributed by atoms with Crippen molar-refractivity contribution in [3.63, 3.8) is 0 Å². The third-order valence-corrected chi connectivity index (χ3v) is 3.64. The molecule has 0 aromatic heterocycles. The van der Waals surface area contributed by atoms with Gasteiger partial charge in [0.1, 0.15) is 5.70 Å². The molecule has 132 valence electrons. The number of benzene rings is 2. The van der Waals surface area contributed by atoms with Gasteiger partial charge in [-0.1, -0.05) is 24.3 Å². The van der Waals surface area contributed by atoms with E-state index >= 15 is 0 Å².